The molecule has 86 valence electrons. The predicted molar refractivity (Wildman–Crippen MR) is 62.5 cm³/mol. The van der Waals surface area contributed by atoms with Crippen molar-refractivity contribution < 1.29 is 0 Å². The van der Waals surface area contributed by atoms with E-state index in [2.05, 4.69) is 30.3 Å². The molecule has 0 bridgehead atoms. The molecule has 0 aliphatic carbocycles. The minimum absolute atomic E-state index is 0.442. The molecule has 1 saturated heterocycles. The quantitative estimate of drug-likeness (QED) is 0.747. The molecule has 1 rings (SSSR count). The van der Waals surface area contributed by atoms with Crippen molar-refractivity contribution in [2.75, 3.05) is 26.7 Å². The maximum Gasteiger partial charge on any atom is 0.0638 e. The molecule has 0 aromatic heterocycles. The van der Waals surface area contributed by atoms with Gasteiger partial charge in [-0.3, -0.25) is 0 Å². The van der Waals surface area contributed by atoms with Gasteiger partial charge in [0, 0.05) is 12.6 Å². The maximum atomic E-state index is 8.73. The van der Waals surface area contributed by atoms with Crippen LogP contribution in [0.15, 0.2) is 0 Å². The van der Waals surface area contributed by atoms with Crippen LogP contribution >= 0.6 is 0 Å². The van der Waals surface area contributed by atoms with Crippen molar-refractivity contribution in [1.29, 1.82) is 5.26 Å². The summed E-state index contributed by atoms with van der Waals surface area (Å²) in [4.78, 5) is 2.36. The summed E-state index contributed by atoms with van der Waals surface area (Å²) in [6, 6.07) is 2.72. The first kappa shape index (κ1) is 12.5. The highest BCUT2D eigenvalue weighted by atomic mass is 15.1. The van der Waals surface area contributed by atoms with E-state index in [9.17, 15) is 0 Å². The van der Waals surface area contributed by atoms with Crippen LogP contribution in [0.1, 0.15) is 32.6 Å². The van der Waals surface area contributed by atoms with Gasteiger partial charge in [0.05, 0.1) is 12.5 Å². The zero-order chi connectivity index (χ0) is 11.1. The fourth-order valence-electron chi connectivity index (χ4n) is 2.35. The molecule has 1 aliphatic heterocycles. The Kier molecular flexibility index (Phi) is 5.67. The summed E-state index contributed by atoms with van der Waals surface area (Å²) < 4.78 is 0. The summed E-state index contributed by atoms with van der Waals surface area (Å²) in [6.45, 7) is 5.62. The third-order valence-corrected chi connectivity index (χ3v) is 3.37. The van der Waals surface area contributed by atoms with Gasteiger partial charge in [0.1, 0.15) is 0 Å². The minimum atomic E-state index is 0.442. The van der Waals surface area contributed by atoms with Crippen molar-refractivity contribution in [3.05, 3.63) is 0 Å². The average Bonchev–Trinajstić information content (AvgIpc) is 2.27. The zero-order valence-electron chi connectivity index (χ0n) is 10.00. The standard InChI is InChI=1S/C12H23N3/c1-3-12(6-7-13)15(2)10-11-5-4-8-14-9-11/h11-12,14H,3-6,8-10H2,1-2H3. The molecular weight excluding hydrogens is 186 g/mol. The van der Waals surface area contributed by atoms with E-state index in [4.69, 9.17) is 5.26 Å². The summed E-state index contributed by atoms with van der Waals surface area (Å²) in [5.41, 5.74) is 0. The van der Waals surface area contributed by atoms with Gasteiger partial charge < -0.3 is 10.2 Å². The number of rotatable bonds is 5. The Hall–Kier alpha value is -0.590. The molecule has 0 spiro atoms. The van der Waals surface area contributed by atoms with Gasteiger partial charge in [-0.05, 0) is 45.3 Å². The lowest BCUT2D eigenvalue weighted by atomic mass is 9.98. The molecule has 3 nitrogen and oxygen atoms in total. The van der Waals surface area contributed by atoms with Crippen LogP contribution in [0.4, 0.5) is 0 Å². The monoisotopic (exact) mass is 209 g/mol. The van der Waals surface area contributed by atoms with Crippen LogP contribution in [0.2, 0.25) is 0 Å². The van der Waals surface area contributed by atoms with Crippen LogP contribution in [0, 0.1) is 17.2 Å². The van der Waals surface area contributed by atoms with Crippen LogP contribution in [0.3, 0.4) is 0 Å². The second-order valence-electron chi connectivity index (χ2n) is 4.58. The molecule has 1 fully saturated rings. The Morgan fingerprint density at radius 2 is 2.40 bits per heavy atom. The number of hydrogen-bond acceptors (Lipinski definition) is 3. The normalized spacial score (nSPS) is 23.7. The van der Waals surface area contributed by atoms with Gasteiger partial charge >= 0.3 is 0 Å². The van der Waals surface area contributed by atoms with Crippen molar-refractivity contribution in [3.63, 3.8) is 0 Å². The van der Waals surface area contributed by atoms with Gasteiger partial charge in [0.25, 0.3) is 0 Å². The van der Waals surface area contributed by atoms with E-state index >= 15 is 0 Å². The number of piperidine rings is 1. The summed E-state index contributed by atoms with van der Waals surface area (Å²) in [7, 11) is 2.15. The largest absolute Gasteiger partial charge is 0.316 e. The molecule has 0 aromatic carbocycles. The van der Waals surface area contributed by atoms with E-state index in [0.717, 1.165) is 25.4 Å². The first-order valence-electron chi connectivity index (χ1n) is 6.05. The van der Waals surface area contributed by atoms with Crippen molar-refractivity contribution in [2.45, 2.75) is 38.6 Å². The van der Waals surface area contributed by atoms with E-state index in [1.165, 1.54) is 19.4 Å². The average molecular weight is 209 g/mol. The first-order chi connectivity index (χ1) is 7.27. The van der Waals surface area contributed by atoms with Gasteiger partial charge in [-0.25, -0.2) is 0 Å². The molecule has 1 N–H and O–H groups in total. The number of nitrogens with zero attached hydrogens (tertiary/aromatic N) is 2. The predicted octanol–water partition coefficient (Wildman–Crippen LogP) is 1.61. The molecular formula is C12H23N3. The molecule has 1 heterocycles. The molecule has 0 radical (unpaired) electrons. The number of hydrogen-bond donors (Lipinski definition) is 1. The molecule has 2 atom stereocenters. The highest BCUT2D eigenvalue weighted by Gasteiger charge is 2.19. The van der Waals surface area contributed by atoms with Gasteiger partial charge in [-0.1, -0.05) is 6.92 Å². The summed E-state index contributed by atoms with van der Waals surface area (Å²) >= 11 is 0. The van der Waals surface area contributed by atoms with E-state index in [1.807, 2.05) is 0 Å². The Balaban J connectivity index is 2.31. The van der Waals surface area contributed by atoms with Crippen LogP contribution < -0.4 is 5.32 Å². The molecule has 3 heteroatoms. The second kappa shape index (κ2) is 6.81. The van der Waals surface area contributed by atoms with E-state index in [1.54, 1.807) is 0 Å². The van der Waals surface area contributed by atoms with Gasteiger partial charge in [-0.15, -0.1) is 0 Å². The van der Waals surface area contributed by atoms with Crippen LogP contribution in [0.25, 0.3) is 0 Å². The molecule has 0 saturated carbocycles. The van der Waals surface area contributed by atoms with Crippen molar-refractivity contribution >= 4 is 0 Å². The van der Waals surface area contributed by atoms with Gasteiger partial charge in [-0.2, -0.15) is 5.26 Å². The van der Waals surface area contributed by atoms with E-state index < -0.39 is 0 Å². The van der Waals surface area contributed by atoms with E-state index in [0.29, 0.717) is 12.5 Å². The maximum absolute atomic E-state index is 8.73. The lowest BCUT2D eigenvalue weighted by Gasteiger charge is -2.31. The third-order valence-electron chi connectivity index (χ3n) is 3.37. The highest BCUT2D eigenvalue weighted by molar-refractivity contribution is 4.82. The van der Waals surface area contributed by atoms with Crippen molar-refractivity contribution in [2.24, 2.45) is 5.92 Å². The Morgan fingerprint density at radius 3 is 2.93 bits per heavy atom. The van der Waals surface area contributed by atoms with Gasteiger partial charge in [0.2, 0.25) is 0 Å². The lowest BCUT2D eigenvalue weighted by molar-refractivity contribution is 0.185. The zero-order valence-corrected chi connectivity index (χ0v) is 10.00. The van der Waals surface area contributed by atoms with Crippen molar-refractivity contribution in [1.82, 2.24) is 10.2 Å². The molecule has 1 aliphatic rings. The minimum Gasteiger partial charge on any atom is -0.316 e. The van der Waals surface area contributed by atoms with Crippen LogP contribution in [-0.2, 0) is 0 Å². The van der Waals surface area contributed by atoms with Crippen molar-refractivity contribution in [3.8, 4) is 6.07 Å². The Morgan fingerprint density at radius 1 is 1.60 bits per heavy atom. The van der Waals surface area contributed by atoms with Crippen LogP contribution in [-0.4, -0.2) is 37.6 Å². The fourth-order valence-corrected chi connectivity index (χ4v) is 2.35. The SMILES string of the molecule is CCC(CC#N)N(C)CC1CCCNC1. The lowest BCUT2D eigenvalue weighted by Crippen LogP contribution is -2.40. The number of nitrogens with one attached hydrogen (secondary N) is 1. The topological polar surface area (TPSA) is 39.1 Å². The summed E-state index contributed by atoms with van der Waals surface area (Å²) in [5.74, 6) is 0.775. The first-order valence-corrected chi connectivity index (χ1v) is 6.05. The highest BCUT2D eigenvalue weighted by Crippen LogP contribution is 2.14. The van der Waals surface area contributed by atoms with Gasteiger partial charge in [0.15, 0.2) is 0 Å². The fraction of sp³-hybridized carbons (Fsp3) is 0.917. The summed E-state index contributed by atoms with van der Waals surface area (Å²) in [6.07, 6.45) is 4.37. The van der Waals surface area contributed by atoms with Crippen LogP contribution in [0.5, 0.6) is 0 Å². The molecule has 2 unspecified atom stereocenters. The summed E-state index contributed by atoms with van der Waals surface area (Å²) in [5, 5.41) is 12.2. The van der Waals surface area contributed by atoms with E-state index in [-0.39, 0.29) is 0 Å². The smallest absolute Gasteiger partial charge is 0.0638 e. The molecule has 15 heavy (non-hydrogen) atoms. The Bertz CT molecular complexity index is 203. The molecule has 0 aromatic rings. The number of nitriles is 1. The molecule has 0 amide bonds. The second-order valence-corrected chi connectivity index (χ2v) is 4.58. The Labute approximate surface area is 93.5 Å². The third kappa shape index (κ3) is 4.19.